The molecule has 1 aliphatic heterocycles. The number of fused-ring (bicyclic) bond motifs is 1. The van der Waals surface area contributed by atoms with Gasteiger partial charge in [-0.25, -0.2) is 4.98 Å². The molecule has 0 atom stereocenters. The summed E-state index contributed by atoms with van der Waals surface area (Å²) in [7, 11) is 0. The highest BCUT2D eigenvalue weighted by molar-refractivity contribution is 6.33. The first-order chi connectivity index (χ1) is 15.2. The lowest BCUT2D eigenvalue weighted by atomic mass is 9.99. The normalized spacial score (nSPS) is 13.4. The second-order valence-corrected chi connectivity index (χ2v) is 7.66. The topological polar surface area (TPSA) is 88.8 Å². The highest BCUT2D eigenvalue weighted by atomic mass is 15.2. The summed E-state index contributed by atoms with van der Waals surface area (Å²) in [6, 6.07) is 11.8. The van der Waals surface area contributed by atoms with Gasteiger partial charge in [0.05, 0.1) is 29.5 Å². The minimum Gasteiger partial charge on any atom is -0.323 e. The van der Waals surface area contributed by atoms with E-state index in [-0.39, 0.29) is 0 Å². The monoisotopic (exact) mass is 407 g/mol. The van der Waals surface area contributed by atoms with E-state index in [1.165, 1.54) is 0 Å². The molecule has 5 rings (SSSR count). The molecule has 0 aliphatic carbocycles. The van der Waals surface area contributed by atoms with Gasteiger partial charge in [-0.2, -0.15) is 5.10 Å². The number of aromatic nitrogens is 5. The molecule has 31 heavy (non-hydrogen) atoms. The minimum absolute atomic E-state index is 0.378. The van der Waals surface area contributed by atoms with Gasteiger partial charge in [-0.15, -0.1) is 5.10 Å². The molecular weight excluding hydrogens is 386 g/mol. The molecule has 0 saturated heterocycles. The number of hydrogen-bond acceptors (Lipinski definition) is 7. The van der Waals surface area contributed by atoms with Crippen molar-refractivity contribution < 1.29 is 0 Å². The van der Waals surface area contributed by atoms with Crippen LogP contribution in [0.2, 0.25) is 0 Å². The molecule has 4 aromatic rings. The number of nitrogens with one attached hydrogen (secondary N) is 1. The number of rotatable bonds is 5. The van der Waals surface area contributed by atoms with Crippen LogP contribution in [0.25, 0.3) is 16.6 Å². The summed E-state index contributed by atoms with van der Waals surface area (Å²) in [6.45, 7) is 4.91. The molecule has 0 amide bonds. The van der Waals surface area contributed by atoms with Gasteiger partial charge in [0.15, 0.2) is 5.82 Å². The first-order valence-corrected chi connectivity index (χ1v) is 10.2. The molecule has 0 bridgehead atoms. The Morgan fingerprint density at radius 1 is 0.935 bits per heavy atom. The van der Waals surface area contributed by atoms with E-state index in [2.05, 4.69) is 50.4 Å². The Bertz CT molecular complexity index is 1310. The standard InChI is InChI=1S/C24H21N7/c1-15(2)17-11-23(31-28-14-17)30-22-6-5-20-21(29-22)10-18(13-27-20)19-7-9-26-24(19)16-4-3-8-25-12-16/h3-8,10-15H,9H2,1-2H3,(H,29,30,31). The largest absolute Gasteiger partial charge is 0.323 e. The van der Waals surface area contributed by atoms with Gasteiger partial charge in [-0.1, -0.05) is 19.9 Å². The van der Waals surface area contributed by atoms with Crippen LogP contribution in [0.4, 0.5) is 11.6 Å². The van der Waals surface area contributed by atoms with Gasteiger partial charge in [-0.3, -0.25) is 15.0 Å². The molecule has 0 aromatic carbocycles. The average molecular weight is 407 g/mol. The zero-order chi connectivity index (χ0) is 21.2. The van der Waals surface area contributed by atoms with Crippen molar-refractivity contribution in [1.82, 2.24) is 25.1 Å². The first kappa shape index (κ1) is 19.0. The molecule has 7 nitrogen and oxygen atoms in total. The summed E-state index contributed by atoms with van der Waals surface area (Å²) in [5.74, 6) is 1.75. The van der Waals surface area contributed by atoms with Gasteiger partial charge < -0.3 is 5.32 Å². The van der Waals surface area contributed by atoms with Gasteiger partial charge in [-0.05, 0) is 47.9 Å². The molecule has 0 fully saturated rings. The number of anilines is 2. The zero-order valence-electron chi connectivity index (χ0n) is 17.3. The van der Waals surface area contributed by atoms with Crippen molar-refractivity contribution in [3.63, 3.8) is 0 Å². The number of allylic oxidation sites excluding steroid dienone is 1. The lowest BCUT2D eigenvalue weighted by Gasteiger charge is -2.10. The van der Waals surface area contributed by atoms with E-state index in [0.29, 0.717) is 24.1 Å². The van der Waals surface area contributed by atoms with Gasteiger partial charge in [0.25, 0.3) is 0 Å². The summed E-state index contributed by atoms with van der Waals surface area (Å²) >= 11 is 0. The fourth-order valence-corrected chi connectivity index (χ4v) is 3.53. The SMILES string of the molecule is CC(C)c1cnnc(Nc2ccc3ncc(C4=CCN=C4c4cccnc4)cc3n2)c1. The van der Waals surface area contributed by atoms with Crippen molar-refractivity contribution in [2.24, 2.45) is 4.99 Å². The van der Waals surface area contributed by atoms with Crippen LogP contribution in [-0.2, 0) is 0 Å². The predicted molar refractivity (Wildman–Crippen MR) is 123 cm³/mol. The summed E-state index contributed by atoms with van der Waals surface area (Å²) in [5.41, 5.74) is 6.72. The lowest BCUT2D eigenvalue weighted by Crippen LogP contribution is -2.03. The van der Waals surface area contributed by atoms with Crippen molar-refractivity contribution in [1.29, 1.82) is 0 Å². The molecule has 4 aromatic heterocycles. The van der Waals surface area contributed by atoms with Crippen molar-refractivity contribution in [3.8, 4) is 0 Å². The van der Waals surface area contributed by atoms with E-state index in [1.807, 2.05) is 48.8 Å². The maximum atomic E-state index is 4.75. The molecule has 7 heteroatoms. The van der Waals surface area contributed by atoms with Crippen LogP contribution < -0.4 is 5.32 Å². The Hall–Kier alpha value is -4.00. The third-order valence-electron chi connectivity index (χ3n) is 5.18. The third-order valence-corrected chi connectivity index (χ3v) is 5.18. The van der Waals surface area contributed by atoms with E-state index in [0.717, 1.165) is 39.0 Å². The Labute approximate surface area is 180 Å². The highest BCUT2D eigenvalue weighted by Gasteiger charge is 2.17. The highest BCUT2D eigenvalue weighted by Crippen LogP contribution is 2.27. The summed E-state index contributed by atoms with van der Waals surface area (Å²) in [4.78, 5) is 18.2. The minimum atomic E-state index is 0.378. The smallest absolute Gasteiger partial charge is 0.154 e. The molecule has 152 valence electrons. The van der Waals surface area contributed by atoms with Crippen LogP contribution in [0.5, 0.6) is 0 Å². The quantitative estimate of drug-likeness (QED) is 0.521. The Kier molecular flexibility index (Phi) is 4.92. The maximum absolute atomic E-state index is 4.75. The van der Waals surface area contributed by atoms with Crippen molar-refractivity contribution in [2.75, 3.05) is 11.9 Å². The van der Waals surface area contributed by atoms with Gasteiger partial charge in [0, 0.05) is 35.3 Å². The maximum Gasteiger partial charge on any atom is 0.154 e. The molecule has 1 aliphatic rings. The van der Waals surface area contributed by atoms with E-state index >= 15 is 0 Å². The fourth-order valence-electron chi connectivity index (χ4n) is 3.53. The van der Waals surface area contributed by atoms with Gasteiger partial charge in [0.2, 0.25) is 0 Å². The summed E-state index contributed by atoms with van der Waals surface area (Å²) < 4.78 is 0. The molecule has 1 N–H and O–H groups in total. The molecule has 0 saturated carbocycles. The molecular formula is C24H21N7. The first-order valence-electron chi connectivity index (χ1n) is 10.2. The molecule has 0 unspecified atom stereocenters. The van der Waals surface area contributed by atoms with E-state index in [9.17, 15) is 0 Å². The van der Waals surface area contributed by atoms with Crippen molar-refractivity contribution in [2.45, 2.75) is 19.8 Å². The van der Waals surface area contributed by atoms with E-state index < -0.39 is 0 Å². The number of pyridine rings is 3. The fraction of sp³-hybridized carbons (Fsp3) is 0.167. The summed E-state index contributed by atoms with van der Waals surface area (Å²) in [5, 5.41) is 11.5. The molecule has 0 radical (unpaired) electrons. The Balaban J connectivity index is 1.46. The van der Waals surface area contributed by atoms with Crippen LogP contribution in [0, 0.1) is 0 Å². The van der Waals surface area contributed by atoms with Crippen LogP contribution >= 0.6 is 0 Å². The van der Waals surface area contributed by atoms with Crippen LogP contribution in [0.1, 0.15) is 36.5 Å². The predicted octanol–water partition coefficient (Wildman–Crippen LogP) is 4.57. The van der Waals surface area contributed by atoms with E-state index in [1.54, 1.807) is 12.4 Å². The number of aliphatic imine (C=N–C) groups is 1. The Morgan fingerprint density at radius 3 is 2.71 bits per heavy atom. The third kappa shape index (κ3) is 3.90. The number of nitrogens with zero attached hydrogens (tertiary/aromatic N) is 6. The Morgan fingerprint density at radius 2 is 1.87 bits per heavy atom. The van der Waals surface area contributed by atoms with Crippen LogP contribution in [0.3, 0.4) is 0 Å². The summed E-state index contributed by atoms with van der Waals surface area (Å²) in [6.07, 6.45) is 9.37. The van der Waals surface area contributed by atoms with Crippen LogP contribution in [0.15, 0.2) is 72.3 Å². The van der Waals surface area contributed by atoms with Crippen LogP contribution in [-0.4, -0.2) is 37.4 Å². The lowest BCUT2D eigenvalue weighted by molar-refractivity contribution is 0.843. The van der Waals surface area contributed by atoms with Gasteiger partial charge >= 0.3 is 0 Å². The second kappa shape index (κ2) is 8.02. The zero-order valence-corrected chi connectivity index (χ0v) is 17.3. The molecule has 0 spiro atoms. The van der Waals surface area contributed by atoms with E-state index in [4.69, 9.17) is 4.98 Å². The second-order valence-electron chi connectivity index (χ2n) is 7.66. The number of hydrogen-bond donors (Lipinski definition) is 1. The molecule has 5 heterocycles. The van der Waals surface area contributed by atoms with Gasteiger partial charge in [0.1, 0.15) is 5.82 Å². The van der Waals surface area contributed by atoms with Crippen molar-refractivity contribution in [3.05, 3.63) is 84.0 Å². The average Bonchev–Trinajstić information content (AvgIpc) is 3.29. The van der Waals surface area contributed by atoms with Crippen molar-refractivity contribution >= 4 is 34.0 Å².